The van der Waals surface area contributed by atoms with Crippen LogP contribution in [0.3, 0.4) is 0 Å². The Morgan fingerprint density at radius 3 is 2.94 bits per heavy atom. The monoisotopic (exact) mass is 239 g/mol. The Labute approximate surface area is 99.0 Å². The molecule has 2 heterocycles. The SMILES string of the molecule is C[C@H](O)C1C[C@H](C)[C@H](n2ccc(N)nc2=O)O1. The summed E-state index contributed by atoms with van der Waals surface area (Å²) in [4.78, 5) is 15.3. The van der Waals surface area contributed by atoms with E-state index in [9.17, 15) is 9.90 Å². The maximum atomic E-state index is 11.7. The number of aliphatic hydroxyl groups excluding tert-OH is 1. The molecule has 1 aromatic rings. The van der Waals surface area contributed by atoms with E-state index < -0.39 is 11.8 Å². The van der Waals surface area contributed by atoms with Crippen LogP contribution in [0.5, 0.6) is 0 Å². The van der Waals surface area contributed by atoms with E-state index in [1.54, 1.807) is 19.2 Å². The van der Waals surface area contributed by atoms with E-state index in [-0.39, 0.29) is 24.1 Å². The molecular formula is C11H17N3O3. The van der Waals surface area contributed by atoms with E-state index in [4.69, 9.17) is 10.5 Å². The average Bonchev–Trinajstić information content (AvgIpc) is 2.61. The predicted octanol–water partition coefficient (Wildman–Crippen LogP) is 0.130. The van der Waals surface area contributed by atoms with Gasteiger partial charge in [-0.2, -0.15) is 4.98 Å². The van der Waals surface area contributed by atoms with Gasteiger partial charge in [-0.1, -0.05) is 6.92 Å². The molecule has 0 radical (unpaired) electrons. The van der Waals surface area contributed by atoms with Crippen LogP contribution in [-0.4, -0.2) is 26.9 Å². The molecule has 0 aliphatic carbocycles. The fraction of sp³-hybridized carbons (Fsp3) is 0.636. The summed E-state index contributed by atoms with van der Waals surface area (Å²) >= 11 is 0. The van der Waals surface area contributed by atoms with Gasteiger partial charge in [0, 0.05) is 12.1 Å². The quantitative estimate of drug-likeness (QED) is 0.765. The maximum absolute atomic E-state index is 11.7. The molecule has 1 saturated heterocycles. The van der Waals surface area contributed by atoms with Gasteiger partial charge in [0.05, 0.1) is 12.2 Å². The minimum absolute atomic E-state index is 0.151. The highest BCUT2D eigenvalue weighted by atomic mass is 16.5. The molecule has 0 spiro atoms. The highest BCUT2D eigenvalue weighted by Gasteiger charge is 2.36. The Hall–Kier alpha value is -1.40. The molecule has 0 saturated carbocycles. The lowest BCUT2D eigenvalue weighted by Gasteiger charge is -2.18. The van der Waals surface area contributed by atoms with Gasteiger partial charge in [-0.3, -0.25) is 4.57 Å². The predicted molar refractivity (Wildman–Crippen MR) is 62.3 cm³/mol. The molecule has 94 valence electrons. The van der Waals surface area contributed by atoms with E-state index >= 15 is 0 Å². The summed E-state index contributed by atoms with van der Waals surface area (Å²) in [5.74, 6) is 0.349. The summed E-state index contributed by atoms with van der Waals surface area (Å²) in [6, 6.07) is 1.56. The van der Waals surface area contributed by atoms with Crippen molar-refractivity contribution in [1.29, 1.82) is 0 Å². The maximum Gasteiger partial charge on any atom is 0.351 e. The number of nitrogens with two attached hydrogens (primary N) is 1. The smallest absolute Gasteiger partial charge is 0.351 e. The molecule has 0 bridgehead atoms. The molecule has 0 aromatic carbocycles. The second kappa shape index (κ2) is 4.46. The van der Waals surface area contributed by atoms with Gasteiger partial charge < -0.3 is 15.6 Å². The fourth-order valence-corrected chi connectivity index (χ4v) is 2.12. The zero-order valence-corrected chi connectivity index (χ0v) is 9.91. The molecule has 1 aliphatic heterocycles. The molecule has 0 amide bonds. The minimum atomic E-state index is -0.542. The van der Waals surface area contributed by atoms with E-state index in [1.165, 1.54) is 4.57 Å². The van der Waals surface area contributed by atoms with Gasteiger partial charge in [0.2, 0.25) is 0 Å². The second-order valence-corrected chi connectivity index (χ2v) is 4.56. The number of hydrogen-bond donors (Lipinski definition) is 2. The molecule has 1 aliphatic rings. The minimum Gasteiger partial charge on any atom is -0.391 e. The molecule has 17 heavy (non-hydrogen) atoms. The first-order valence-corrected chi connectivity index (χ1v) is 5.67. The lowest BCUT2D eigenvalue weighted by molar-refractivity contribution is -0.0605. The van der Waals surface area contributed by atoms with Crippen LogP contribution in [0.15, 0.2) is 17.1 Å². The van der Waals surface area contributed by atoms with Crippen molar-refractivity contribution in [2.75, 3.05) is 5.73 Å². The number of nitrogens with zero attached hydrogens (tertiary/aromatic N) is 2. The van der Waals surface area contributed by atoms with Crippen molar-refractivity contribution in [3.05, 3.63) is 22.7 Å². The van der Waals surface area contributed by atoms with Crippen LogP contribution >= 0.6 is 0 Å². The van der Waals surface area contributed by atoms with Gasteiger partial charge in [0.1, 0.15) is 12.0 Å². The molecular weight excluding hydrogens is 222 g/mol. The molecule has 6 nitrogen and oxygen atoms in total. The van der Waals surface area contributed by atoms with E-state index in [2.05, 4.69) is 4.98 Å². The van der Waals surface area contributed by atoms with Crippen molar-refractivity contribution in [2.45, 2.75) is 38.7 Å². The van der Waals surface area contributed by atoms with Crippen LogP contribution in [0.25, 0.3) is 0 Å². The van der Waals surface area contributed by atoms with Gasteiger partial charge in [0.15, 0.2) is 0 Å². The fourth-order valence-electron chi connectivity index (χ4n) is 2.12. The number of aromatic nitrogens is 2. The molecule has 3 N–H and O–H groups in total. The molecule has 4 atom stereocenters. The number of nitrogen functional groups attached to an aromatic ring is 1. The summed E-state index contributed by atoms with van der Waals surface area (Å²) in [6.45, 7) is 3.67. The Kier molecular flexibility index (Phi) is 3.17. The highest BCUT2D eigenvalue weighted by Crippen LogP contribution is 2.34. The van der Waals surface area contributed by atoms with Crippen LogP contribution < -0.4 is 11.4 Å². The average molecular weight is 239 g/mol. The molecule has 1 aromatic heterocycles. The topological polar surface area (TPSA) is 90.4 Å². The van der Waals surface area contributed by atoms with E-state index in [1.807, 2.05) is 6.92 Å². The Balaban J connectivity index is 2.26. The molecule has 6 heteroatoms. The van der Waals surface area contributed by atoms with Gasteiger partial charge in [0.25, 0.3) is 0 Å². The molecule has 2 rings (SSSR count). The van der Waals surface area contributed by atoms with Crippen LogP contribution in [0.4, 0.5) is 5.82 Å². The van der Waals surface area contributed by atoms with Crippen LogP contribution in [0.1, 0.15) is 26.5 Å². The van der Waals surface area contributed by atoms with Crippen molar-refractivity contribution in [3.63, 3.8) is 0 Å². The number of rotatable bonds is 2. The third-order valence-electron chi connectivity index (χ3n) is 3.07. The van der Waals surface area contributed by atoms with Gasteiger partial charge in [-0.15, -0.1) is 0 Å². The van der Waals surface area contributed by atoms with Crippen molar-refractivity contribution in [2.24, 2.45) is 5.92 Å². The second-order valence-electron chi connectivity index (χ2n) is 4.56. The molecule has 1 fully saturated rings. The van der Waals surface area contributed by atoms with E-state index in [0.717, 1.165) is 6.42 Å². The summed E-state index contributed by atoms with van der Waals surface area (Å²) in [5.41, 5.74) is 5.01. The first-order valence-electron chi connectivity index (χ1n) is 5.67. The number of anilines is 1. The van der Waals surface area contributed by atoms with Crippen LogP contribution in [-0.2, 0) is 4.74 Å². The first kappa shape index (κ1) is 12.1. The van der Waals surface area contributed by atoms with Crippen LogP contribution in [0, 0.1) is 5.92 Å². The van der Waals surface area contributed by atoms with Crippen molar-refractivity contribution in [3.8, 4) is 0 Å². The number of hydrogen-bond acceptors (Lipinski definition) is 5. The van der Waals surface area contributed by atoms with Crippen LogP contribution in [0.2, 0.25) is 0 Å². The Bertz CT molecular complexity index is 458. The lowest BCUT2D eigenvalue weighted by Crippen LogP contribution is -2.30. The summed E-state index contributed by atoms with van der Waals surface area (Å²) in [5, 5.41) is 9.50. The lowest BCUT2D eigenvalue weighted by atomic mass is 10.0. The van der Waals surface area contributed by atoms with Crippen molar-refractivity contribution in [1.82, 2.24) is 9.55 Å². The third kappa shape index (κ3) is 2.32. The first-order chi connectivity index (χ1) is 7.99. The van der Waals surface area contributed by atoms with Crippen molar-refractivity contribution >= 4 is 5.82 Å². The van der Waals surface area contributed by atoms with Gasteiger partial charge in [-0.05, 0) is 19.4 Å². The molecule has 1 unspecified atom stereocenters. The highest BCUT2D eigenvalue weighted by molar-refractivity contribution is 5.23. The summed E-state index contributed by atoms with van der Waals surface area (Å²) in [7, 11) is 0. The number of ether oxygens (including phenoxy) is 1. The zero-order valence-electron chi connectivity index (χ0n) is 9.91. The van der Waals surface area contributed by atoms with Crippen molar-refractivity contribution < 1.29 is 9.84 Å². The number of aliphatic hydroxyl groups is 1. The summed E-state index contributed by atoms with van der Waals surface area (Å²) in [6.07, 6.45) is 1.14. The van der Waals surface area contributed by atoms with Gasteiger partial charge >= 0.3 is 5.69 Å². The normalized spacial score (nSPS) is 30.4. The zero-order chi connectivity index (χ0) is 12.6. The standard InChI is InChI=1S/C11H17N3O3/c1-6-5-8(7(2)15)17-10(6)14-4-3-9(12)13-11(14)16/h3-4,6-8,10,15H,5H2,1-2H3,(H2,12,13,16)/t6-,7-,8?,10+/m0/s1. The third-order valence-corrected chi connectivity index (χ3v) is 3.07. The Morgan fingerprint density at radius 2 is 2.41 bits per heavy atom. The Morgan fingerprint density at radius 1 is 1.71 bits per heavy atom. The van der Waals surface area contributed by atoms with E-state index in [0.29, 0.717) is 0 Å². The largest absolute Gasteiger partial charge is 0.391 e. The van der Waals surface area contributed by atoms with Gasteiger partial charge in [-0.25, -0.2) is 4.79 Å². The summed E-state index contributed by atoms with van der Waals surface area (Å²) < 4.78 is 7.09.